The maximum atomic E-state index is 5.12. The topological polar surface area (TPSA) is 26.0 Å². The molecule has 0 N–H and O–H groups in total. The fourth-order valence-electron chi connectivity index (χ4n) is 1.40. The molecule has 0 aliphatic heterocycles. The van der Waals surface area contributed by atoms with Crippen molar-refractivity contribution >= 4 is 11.3 Å². The largest absolute Gasteiger partial charge is 0.361 e. The van der Waals surface area contributed by atoms with Gasteiger partial charge in [-0.05, 0) is 32.9 Å². The van der Waals surface area contributed by atoms with Gasteiger partial charge in [0.1, 0.15) is 5.76 Å². The molecule has 0 radical (unpaired) electrons. The summed E-state index contributed by atoms with van der Waals surface area (Å²) in [6, 6.07) is 4.23. The Labute approximate surface area is 81.2 Å². The molecule has 0 spiro atoms. The zero-order valence-corrected chi connectivity index (χ0v) is 8.73. The minimum Gasteiger partial charge on any atom is -0.361 e. The number of nitrogens with zero attached hydrogens (tertiary/aromatic N) is 1. The van der Waals surface area contributed by atoms with Crippen LogP contribution in [-0.2, 0) is 0 Å². The first-order valence-corrected chi connectivity index (χ1v) is 5.00. The fourth-order valence-corrected chi connectivity index (χ4v) is 2.42. The van der Waals surface area contributed by atoms with Crippen molar-refractivity contribution in [3.63, 3.8) is 0 Å². The molecule has 2 aromatic heterocycles. The van der Waals surface area contributed by atoms with Crippen LogP contribution in [0.15, 0.2) is 16.7 Å². The molecule has 0 aliphatic rings. The van der Waals surface area contributed by atoms with Crippen LogP contribution in [0.5, 0.6) is 0 Å². The lowest BCUT2D eigenvalue weighted by molar-refractivity contribution is 0.393. The van der Waals surface area contributed by atoms with E-state index in [2.05, 4.69) is 24.2 Å². The number of aryl methyl sites for hydroxylation is 3. The molecule has 0 unspecified atom stereocenters. The van der Waals surface area contributed by atoms with Crippen LogP contribution in [0.4, 0.5) is 0 Å². The van der Waals surface area contributed by atoms with E-state index in [4.69, 9.17) is 4.52 Å². The smallest absolute Gasteiger partial charge is 0.142 e. The lowest BCUT2D eigenvalue weighted by Crippen LogP contribution is -1.75. The van der Waals surface area contributed by atoms with Gasteiger partial charge in [-0.1, -0.05) is 5.16 Å². The van der Waals surface area contributed by atoms with Crippen molar-refractivity contribution in [2.24, 2.45) is 0 Å². The van der Waals surface area contributed by atoms with Crippen LogP contribution in [0.2, 0.25) is 0 Å². The van der Waals surface area contributed by atoms with E-state index in [0.717, 1.165) is 17.0 Å². The maximum absolute atomic E-state index is 5.12. The molecule has 2 heterocycles. The summed E-state index contributed by atoms with van der Waals surface area (Å²) in [5.41, 5.74) is 2.12. The van der Waals surface area contributed by atoms with Crippen molar-refractivity contribution in [2.45, 2.75) is 20.8 Å². The first-order valence-electron chi connectivity index (χ1n) is 4.18. The highest BCUT2D eigenvalue weighted by Crippen LogP contribution is 2.32. The second kappa shape index (κ2) is 3.00. The van der Waals surface area contributed by atoms with Crippen LogP contribution in [0.3, 0.4) is 0 Å². The molecule has 2 rings (SSSR count). The zero-order chi connectivity index (χ0) is 9.42. The second-order valence-corrected chi connectivity index (χ2v) is 4.40. The Morgan fingerprint density at radius 1 is 1.23 bits per heavy atom. The molecule has 3 heteroatoms. The average Bonchev–Trinajstić information content (AvgIpc) is 2.60. The van der Waals surface area contributed by atoms with Crippen LogP contribution in [-0.4, -0.2) is 5.16 Å². The number of rotatable bonds is 1. The Morgan fingerprint density at radius 2 is 2.00 bits per heavy atom. The molecule has 0 aliphatic carbocycles. The van der Waals surface area contributed by atoms with Crippen LogP contribution >= 0.6 is 11.3 Å². The van der Waals surface area contributed by atoms with Crippen LogP contribution in [0.25, 0.3) is 10.4 Å². The van der Waals surface area contributed by atoms with Gasteiger partial charge in [0.25, 0.3) is 0 Å². The van der Waals surface area contributed by atoms with Gasteiger partial charge in [0.05, 0.1) is 11.3 Å². The summed E-state index contributed by atoms with van der Waals surface area (Å²) < 4.78 is 5.12. The van der Waals surface area contributed by atoms with E-state index in [-0.39, 0.29) is 0 Å². The molecule has 0 aromatic carbocycles. The van der Waals surface area contributed by atoms with E-state index in [1.54, 1.807) is 11.3 Å². The highest BCUT2D eigenvalue weighted by atomic mass is 32.1. The van der Waals surface area contributed by atoms with Gasteiger partial charge in [-0.3, -0.25) is 0 Å². The van der Waals surface area contributed by atoms with Gasteiger partial charge in [0.15, 0.2) is 0 Å². The van der Waals surface area contributed by atoms with Crippen molar-refractivity contribution in [3.05, 3.63) is 28.5 Å². The molecule has 0 fully saturated rings. The summed E-state index contributed by atoms with van der Waals surface area (Å²) in [6.45, 7) is 6.03. The van der Waals surface area contributed by atoms with Crippen molar-refractivity contribution < 1.29 is 4.52 Å². The maximum Gasteiger partial charge on any atom is 0.142 e. The van der Waals surface area contributed by atoms with Crippen molar-refractivity contribution in [1.29, 1.82) is 0 Å². The standard InChI is InChI=1S/C10H11NOS/c1-6-4-5-9(13-6)10-7(2)11-12-8(10)3/h4-5H,1-3H3. The van der Waals surface area contributed by atoms with Crippen molar-refractivity contribution in [2.75, 3.05) is 0 Å². The minimum atomic E-state index is 0.902. The molecular formula is C10H11NOS. The molecule has 0 saturated heterocycles. The lowest BCUT2D eigenvalue weighted by Gasteiger charge is -1.92. The summed E-state index contributed by atoms with van der Waals surface area (Å²) in [5, 5.41) is 3.93. The third-order valence-electron chi connectivity index (χ3n) is 2.02. The van der Waals surface area contributed by atoms with Crippen LogP contribution in [0.1, 0.15) is 16.3 Å². The summed E-state index contributed by atoms with van der Waals surface area (Å²) in [6.07, 6.45) is 0. The molecule has 2 aromatic rings. The number of aromatic nitrogens is 1. The predicted molar refractivity (Wildman–Crippen MR) is 54.0 cm³/mol. The van der Waals surface area contributed by atoms with Gasteiger partial charge in [-0.2, -0.15) is 0 Å². The van der Waals surface area contributed by atoms with Crippen molar-refractivity contribution in [1.82, 2.24) is 5.16 Å². The number of thiophene rings is 1. The minimum absolute atomic E-state index is 0.902. The molecule has 13 heavy (non-hydrogen) atoms. The fraction of sp³-hybridized carbons (Fsp3) is 0.300. The van der Waals surface area contributed by atoms with Gasteiger partial charge in [-0.15, -0.1) is 11.3 Å². The van der Waals surface area contributed by atoms with Gasteiger partial charge in [0, 0.05) is 9.75 Å². The van der Waals surface area contributed by atoms with E-state index in [1.165, 1.54) is 9.75 Å². The van der Waals surface area contributed by atoms with Gasteiger partial charge in [-0.25, -0.2) is 0 Å². The monoisotopic (exact) mass is 193 g/mol. The van der Waals surface area contributed by atoms with Crippen molar-refractivity contribution in [3.8, 4) is 10.4 Å². The normalized spacial score (nSPS) is 10.7. The van der Waals surface area contributed by atoms with Gasteiger partial charge in [0.2, 0.25) is 0 Å². The van der Waals surface area contributed by atoms with E-state index in [9.17, 15) is 0 Å². The molecular weight excluding hydrogens is 182 g/mol. The Morgan fingerprint density at radius 3 is 2.46 bits per heavy atom. The Kier molecular flexibility index (Phi) is 1.96. The average molecular weight is 193 g/mol. The highest BCUT2D eigenvalue weighted by molar-refractivity contribution is 7.15. The van der Waals surface area contributed by atoms with E-state index in [0.29, 0.717) is 0 Å². The summed E-state index contributed by atoms with van der Waals surface area (Å²) in [5.74, 6) is 0.902. The third kappa shape index (κ3) is 1.40. The van der Waals surface area contributed by atoms with Crippen LogP contribution in [0, 0.1) is 20.8 Å². The highest BCUT2D eigenvalue weighted by Gasteiger charge is 2.12. The number of hydrogen-bond donors (Lipinski definition) is 0. The quantitative estimate of drug-likeness (QED) is 0.694. The second-order valence-electron chi connectivity index (χ2n) is 3.11. The zero-order valence-electron chi connectivity index (χ0n) is 7.92. The van der Waals surface area contributed by atoms with E-state index < -0.39 is 0 Å². The number of hydrogen-bond acceptors (Lipinski definition) is 3. The molecule has 2 nitrogen and oxygen atoms in total. The Hall–Kier alpha value is -1.09. The summed E-state index contributed by atoms with van der Waals surface area (Å²) in [4.78, 5) is 2.56. The van der Waals surface area contributed by atoms with E-state index in [1.807, 2.05) is 13.8 Å². The SMILES string of the molecule is Cc1ccc(-c2c(C)noc2C)s1. The molecule has 0 bridgehead atoms. The van der Waals surface area contributed by atoms with Crippen LogP contribution < -0.4 is 0 Å². The van der Waals surface area contributed by atoms with Gasteiger partial charge < -0.3 is 4.52 Å². The predicted octanol–water partition coefficient (Wildman–Crippen LogP) is 3.33. The molecule has 68 valence electrons. The lowest BCUT2D eigenvalue weighted by atomic mass is 10.2. The Balaban J connectivity index is 2.57. The summed E-state index contributed by atoms with van der Waals surface area (Å²) in [7, 11) is 0. The first-order chi connectivity index (χ1) is 6.18. The Bertz CT molecular complexity index is 408. The first kappa shape index (κ1) is 8.51. The molecule has 0 amide bonds. The summed E-state index contributed by atoms with van der Waals surface area (Å²) >= 11 is 1.77. The third-order valence-corrected chi connectivity index (χ3v) is 3.04. The molecule has 0 saturated carbocycles. The van der Waals surface area contributed by atoms with E-state index >= 15 is 0 Å². The molecule has 0 atom stereocenters. The van der Waals surface area contributed by atoms with Gasteiger partial charge >= 0.3 is 0 Å².